The summed E-state index contributed by atoms with van der Waals surface area (Å²) in [4.78, 5) is 5.57. The van der Waals surface area contributed by atoms with Crippen LogP contribution in [0.15, 0.2) is 5.51 Å². The lowest BCUT2D eigenvalue weighted by Gasteiger charge is -2.11. The van der Waals surface area contributed by atoms with Gasteiger partial charge in [0, 0.05) is 37.7 Å². The predicted molar refractivity (Wildman–Crippen MR) is 65.8 cm³/mol. The summed E-state index contributed by atoms with van der Waals surface area (Å²) < 4.78 is 5.31. The number of nitrogens with one attached hydrogen (secondary N) is 2. The van der Waals surface area contributed by atoms with E-state index in [1.165, 1.54) is 4.88 Å². The third kappa shape index (κ3) is 3.01. The monoisotopic (exact) mass is 241 g/mol. The molecule has 90 valence electrons. The number of hydrogen-bond acceptors (Lipinski definition) is 5. The zero-order chi connectivity index (χ0) is 11.4. The highest BCUT2D eigenvalue weighted by Gasteiger charge is 2.22. The first kappa shape index (κ1) is 12.0. The molecule has 0 saturated carbocycles. The van der Waals surface area contributed by atoms with Gasteiger partial charge in [-0.05, 0) is 13.3 Å². The van der Waals surface area contributed by atoms with E-state index < -0.39 is 0 Å². The summed E-state index contributed by atoms with van der Waals surface area (Å²) in [7, 11) is 1.78. The molecular weight excluding hydrogens is 222 g/mol. The van der Waals surface area contributed by atoms with Crippen LogP contribution >= 0.6 is 11.3 Å². The maximum absolute atomic E-state index is 5.31. The Hall–Kier alpha value is -0.490. The van der Waals surface area contributed by atoms with Crippen molar-refractivity contribution in [3.05, 3.63) is 16.1 Å². The lowest BCUT2D eigenvalue weighted by molar-refractivity contribution is 0.117. The van der Waals surface area contributed by atoms with Gasteiger partial charge >= 0.3 is 0 Å². The molecule has 2 unspecified atom stereocenters. The Labute approximate surface area is 100 Å². The van der Waals surface area contributed by atoms with E-state index >= 15 is 0 Å². The molecular formula is C11H19N3OS. The molecule has 2 atom stereocenters. The summed E-state index contributed by atoms with van der Waals surface area (Å²) in [6.45, 7) is 4.95. The summed E-state index contributed by atoms with van der Waals surface area (Å²) in [6, 6.07) is 0.540. The van der Waals surface area contributed by atoms with Crippen LogP contribution in [0.2, 0.25) is 0 Å². The summed E-state index contributed by atoms with van der Waals surface area (Å²) in [5, 5.41) is 6.92. The second kappa shape index (κ2) is 5.72. The minimum absolute atomic E-state index is 0.386. The van der Waals surface area contributed by atoms with Crippen LogP contribution in [0.3, 0.4) is 0 Å². The molecule has 5 heteroatoms. The van der Waals surface area contributed by atoms with Crippen LogP contribution in [0, 0.1) is 6.92 Å². The van der Waals surface area contributed by atoms with E-state index in [1.807, 2.05) is 5.51 Å². The first-order valence-electron chi connectivity index (χ1n) is 5.65. The second-order valence-corrected chi connectivity index (χ2v) is 5.13. The van der Waals surface area contributed by atoms with E-state index in [1.54, 1.807) is 18.4 Å². The molecule has 2 N–H and O–H groups in total. The van der Waals surface area contributed by atoms with Crippen LogP contribution in [-0.4, -0.2) is 37.3 Å². The summed E-state index contributed by atoms with van der Waals surface area (Å²) >= 11 is 1.72. The van der Waals surface area contributed by atoms with Gasteiger partial charge in [-0.15, -0.1) is 11.3 Å². The number of aromatic nitrogens is 1. The highest BCUT2D eigenvalue weighted by Crippen LogP contribution is 2.12. The zero-order valence-electron chi connectivity index (χ0n) is 9.82. The van der Waals surface area contributed by atoms with Crippen LogP contribution in [0.5, 0.6) is 0 Å². The fraction of sp³-hybridized carbons (Fsp3) is 0.727. The van der Waals surface area contributed by atoms with Crippen LogP contribution in [0.4, 0.5) is 0 Å². The van der Waals surface area contributed by atoms with E-state index in [9.17, 15) is 0 Å². The lowest BCUT2D eigenvalue weighted by Crippen LogP contribution is -2.33. The molecule has 1 aromatic rings. The number of nitrogens with zero attached hydrogens (tertiary/aromatic N) is 1. The molecule has 0 radical (unpaired) electrons. The van der Waals surface area contributed by atoms with Gasteiger partial charge in [0.25, 0.3) is 0 Å². The number of rotatable bonds is 5. The molecule has 0 aromatic carbocycles. The minimum atomic E-state index is 0.386. The zero-order valence-corrected chi connectivity index (χ0v) is 10.6. The van der Waals surface area contributed by atoms with Crippen molar-refractivity contribution < 1.29 is 4.74 Å². The molecule has 2 heterocycles. The number of thiazole rings is 1. The molecule has 0 aliphatic carbocycles. The molecule has 1 aliphatic rings. The maximum atomic E-state index is 5.31. The highest BCUT2D eigenvalue weighted by atomic mass is 32.1. The quantitative estimate of drug-likeness (QED) is 0.804. The fourth-order valence-corrected chi connectivity index (χ4v) is 2.72. The molecule has 0 amide bonds. The van der Waals surface area contributed by atoms with Gasteiger partial charge in [-0.1, -0.05) is 0 Å². The van der Waals surface area contributed by atoms with Gasteiger partial charge in [0.15, 0.2) is 0 Å². The van der Waals surface area contributed by atoms with Crippen LogP contribution < -0.4 is 10.6 Å². The number of ether oxygens (including phenoxy) is 1. The molecule has 16 heavy (non-hydrogen) atoms. The third-order valence-corrected chi connectivity index (χ3v) is 3.97. The first-order valence-corrected chi connectivity index (χ1v) is 6.53. The van der Waals surface area contributed by atoms with Crippen molar-refractivity contribution in [1.82, 2.24) is 15.6 Å². The minimum Gasteiger partial charge on any atom is -0.380 e. The van der Waals surface area contributed by atoms with Crippen molar-refractivity contribution in [1.29, 1.82) is 0 Å². The molecule has 2 rings (SSSR count). The van der Waals surface area contributed by atoms with Gasteiger partial charge in [0.1, 0.15) is 0 Å². The Bertz CT molecular complexity index is 329. The van der Waals surface area contributed by atoms with Crippen molar-refractivity contribution in [3.63, 3.8) is 0 Å². The smallest absolute Gasteiger partial charge is 0.0798 e. The van der Waals surface area contributed by atoms with Crippen molar-refractivity contribution >= 4 is 11.3 Å². The van der Waals surface area contributed by atoms with Gasteiger partial charge in [-0.2, -0.15) is 0 Å². The number of aryl methyl sites for hydroxylation is 1. The van der Waals surface area contributed by atoms with Gasteiger partial charge < -0.3 is 15.4 Å². The second-order valence-electron chi connectivity index (χ2n) is 4.19. The van der Waals surface area contributed by atoms with Crippen molar-refractivity contribution in [2.75, 3.05) is 20.2 Å². The molecule has 1 aliphatic heterocycles. The van der Waals surface area contributed by atoms with Gasteiger partial charge in [0.2, 0.25) is 0 Å². The largest absolute Gasteiger partial charge is 0.380 e. The van der Waals surface area contributed by atoms with Crippen molar-refractivity contribution in [2.24, 2.45) is 0 Å². The van der Waals surface area contributed by atoms with E-state index in [-0.39, 0.29) is 0 Å². The standard InChI is InChI=1S/C11H19N3OS/c1-8-11(16-7-14-8)6-12-4-9-3-10(15-2)5-13-9/h7,9-10,12-13H,3-6H2,1-2H3. The van der Waals surface area contributed by atoms with Crippen LogP contribution in [0.25, 0.3) is 0 Å². The molecule has 0 bridgehead atoms. The average Bonchev–Trinajstić information content (AvgIpc) is 2.89. The van der Waals surface area contributed by atoms with Crippen molar-refractivity contribution in [2.45, 2.75) is 32.0 Å². The van der Waals surface area contributed by atoms with Crippen molar-refractivity contribution in [3.8, 4) is 0 Å². The molecule has 1 aromatic heterocycles. The predicted octanol–water partition coefficient (Wildman–Crippen LogP) is 0.918. The normalized spacial score (nSPS) is 25.1. The first-order chi connectivity index (χ1) is 7.79. The lowest BCUT2D eigenvalue weighted by atomic mass is 10.2. The molecule has 0 spiro atoms. The fourth-order valence-electron chi connectivity index (χ4n) is 1.97. The molecule has 4 nitrogen and oxygen atoms in total. The van der Waals surface area contributed by atoms with E-state index in [2.05, 4.69) is 22.5 Å². The summed E-state index contributed by atoms with van der Waals surface area (Å²) in [6.07, 6.45) is 1.49. The van der Waals surface area contributed by atoms with Gasteiger partial charge in [0.05, 0.1) is 17.3 Å². The highest BCUT2D eigenvalue weighted by molar-refractivity contribution is 7.09. The molecule has 1 fully saturated rings. The Balaban J connectivity index is 1.67. The Morgan fingerprint density at radius 3 is 3.19 bits per heavy atom. The van der Waals surface area contributed by atoms with E-state index in [0.29, 0.717) is 12.1 Å². The number of hydrogen-bond donors (Lipinski definition) is 2. The topological polar surface area (TPSA) is 46.2 Å². The summed E-state index contributed by atoms with van der Waals surface area (Å²) in [5.41, 5.74) is 3.05. The van der Waals surface area contributed by atoms with Gasteiger partial charge in [-0.3, -0.25) is 0 Å². The number of methoxy groups -OCH3 is 1. The van der Waals surface area contributed by atoms with Gasteiger partial charge in [-0.25, -0.2) is 4.98 Å². The Morgan fingerprint density at radius 1 is 1.69 bits per heavy atom. The molecule has 1 saturated heterocycles. The SMILES string of the molecule is COC1CNC(CNCc2scnc2C)C1. The van der Waals surface area contributed by atoms with E-state index in [4.69, 9.17) is 4.74 Å². The summed E-state index contributed by atoms with van der Waals surface area (Å²) in [5.74, 6) is 0. The third-order valence-electron chi connectivity index (χ3n) is 3.04. The van der Waals surface area contributed by atoms with Crippen LogP contribution in [0.1, 0.15) is 17.0 Å². The van der Waals surface area contributed by atoms with E-state index in [0.717, 1.165) is 31.7 Å². The Morgan fingerprint density at radius 2 is 2.56 bits per heavy atom. The Kier molecular flexibility index (Phi) is 4.29. The average molecular weight is 241 g/mol. The van der Waals surface area contributed by atoms with Crippen LogP contribution in [-0.2, 0) is 11.3 Å². The maximum Gasteiger partial charge on any atom is 0.0798 e.